The molecule has 2 aliphatic rings. The summed E-state index contributed by atoms with van der Waals surface area (Å²) >= 11 is 1.56. The summed E-state index contributed by atoms with van der Waals surface area (Å²) in [6.45, 7) is 3.67. The molecule has 0 spiro atoms. The van der Waals surface area contributed by atoms with Crippen molar-refractivity contribution in [3.63, 3.8) is 0 Å². The quantitative estimate of drug-likeness (QED) is 0.924. The maximum Gasteiger partial charge on any atom is 0.226 e. The summed E-state index contributed by atoms with van der Waals surface area (Å²) in [6, 6.07) is 0. The Kier molecular flexibility index (Phi) is 4.76. The average Bonchev–Trinajstić information content (AvgIpc) is 2.89. The average molecular weight is 321 g/mol. The van der Waals surface area contributed by atoms with Crippen molar-refractivity contribution in [2.75, 3.05) is 13.1 Å². The van der Waals surface area contributed by atoms with Crippen molar-refractivity contribution in [3.8, 4) is 0 Å². The van der Waals surface area contributed by atoms with Crippen LogP contribution in [0.3, 0.4) is 0 Å². The molecule has 0 radical (unpaired) electrons. The van der Waals surface area contributed by atoms with Gasteiger partial charge >= 0.3 is 0 Å². The predicted molar refractivity (Wildman–Crippen MR) is 85.3 cm³/mol. The second-order valence-electron chi connectivity index (χ2n) is 6.35. The van der Waals surface area contributed by atoms with Gasteiger partial charge in [-0.1, -0.05) is 19.3 Å². The van der Waals surface area contributed by atoms with Crippen molar-refractivity contribution in [1.82, 2.24) is 15.2 Å². The molecule has 2 amide bonds. The van der Waals surface area contributed by atoms with Gasteiger partial charge in [-0.15, -0.1) is 11.3 Å². The molecule has 0 aromatic carbocycles. The standard InChI is InChI=1S/C16H23N3O2S/c1-11-14(22-10-18-11)7-17-15(20)13-8-19(9-13)16(21)12-5-3-2-4-6-12/h10,12-13H,2-9H2,1H3,(H,17,20). The summed E-state index contributed by atoms with van der Waals surface area (Å²) < 4.78 is 0. The Morgan fingerprint density at radius 2 is 2.00 bits per heavy atom. The van der Waals surface area contributed by atoms with Crippen molar-refractivity contribution in [3.05, 3.63) is 16.1 Å². The van der Waals surface area contributed by atoms with Crippen LogP contribution >= 0.6 is 11.3 Å². The number of thiazole rings is 1. The number of aryl methyl sites for hydroxylation is 1. The number of likely N-dealkylation sites (tertiary alicyclic amines) is 1. The molecular formula is C16H23N3O2S. The van der Waals surface area contributed by atoms with Gasteiger partial charge in [0.2, 0.25) is 11.8 Å². The van der Waals surface area contributed by atoms with Gasteiger partial charge in [-0.3, -0.25) is 9.59 Å². The minimum atomic E-state index is -0.0410. The fourth-order valence-electron chi connectivity index (χ4n) is 3.24. The Morgan fingerprint density at radius 3 is 2.64 bits per heavy atom. The van der Waals surface area contributed by atoms with Gasteiger partial charge in [-0.25, -0.2) is 4.98 Å². The van der Waals surface area contributed by atoms with Crippen LogP contribution < -0.4 is 5.32 Å². The number of nitrogens with zero attached hydrogens (tertiary/aromatic N) is 2. The SMILES string of the molecule is Cc1ncsc1CNC(=O)C1CN(C(=O)C2CCCCC2)C1. The van der Waals surface area contributed by atoms with Crippen molar-refractivity contribution in [2.45, 2.75) is 45.6 Å². The van der Waals surface area contributed by atoms with Gasteiger partial charge in [0.05, 0.1) is 23.7 Å². The zero-order valence-corrected chi connectivity index (χ0v) is 13.8. The van der Waals surface area contributed by atoms with E-state index in [0.717, 1.165) is 23.4 Å². The normalized spacial score (nSPS) is 19.8. The largest absolute Gasteiger partial charge is 0.351 e. The van der Waals surface area contributed by atoms with Crippen LogP contribution in [0.5, 0.6) is 0 Å². The third kappa shape index (κ3) is 3.32. The van der Waals surface area contributed by atoms with Crippen molar-refractivity contribution in [2.24, 2.45) is 11.8 Å². The second kappa shape index (κ2) is 6.77. The fraction of sp³-hybridized carbons (Fsp3) is 0.688. The first-order valence-electron chi connectivity index (χ1n) is 8.10. The number of hydrogen-bond donors (Lipinski definition) is 1. The smallest absolute Gasteiger partial charge is 0.226 e. The number of aromatic nitrogens is 1. The molecule has 1 saturated carbocycles. The summed E-state index contributed by atoms with van der Waals surface area (Å²) in [5, 5.41) is 2.96. The molecule has 22 heavy (non-hydrogen) atoms. The number of hydrogen-bond acceptors (Lipinski definition) is 4. The Hall–Kier alpha value is -1.43. The van der Waals surface area contributed by atoms with E-state index >= 15 is 0 Å². The molecule has 1 aliphatic heterocycles. The lowest BCUT2D eigenvalue weighted by Crippen LogP contribution is -2.57. The van der Waals surface area contributed by atoms with Gasteiger partial charge in [0, 0.05) is 23.9 Å². The van der Waals surface area contributed by atoms with E-state index in [2.05, 4.69) is 10.3 Å². The van der Waals surface area contributed by atoms with E-state index in [9.17, 15) is 9.59 Å². The Balaban J connectivity index is 1.41. The molecule has 0 bridgehead atoms. The summed E-state index contributed by atoms with van der Waals surface area (Å²) in [6.07, 6.45) is 5.64. The number of carbonyl (C=O) groups is 2. The van der Waals surface area contributed by atoms with Crippen LogP contribution in [0, 0.1) is 18.8 Å². The molecule has 0 unspecified atom stereocenters. The van der Waals surface area contributed by atoms with E-state index < -0.39 is 0 Å². The van der Waals surface area contributed by atoms with Crippen LogP contribution in [0.15, 0.2) is 5.51 Å². The first-order chi connectivity index (χ1) is 10.6. The zero-order chi connectivity index (χ0) is 15.5. The lowest BCUT2D eigenvalue weighted by molar-refractivity contribution is -0.147. The highest BCUT2D eigenvalue weighted by atomic mass is 32.1. The lowest BCUT2D eigenvalue weighted by atomic mass is 9.86. The van der Waals surface area contributed by atoms with E-state index in [4.69, 9.17) is 0 Å². The Morgan fingerprint density at radius 1 is 1.27 bits per heavy atom. The van der Waals surface area contributed by atoms with Gasteiger partial charge in [0.15, 0.2) is 0 Å². The van der Waals surface area contributed by atoms with Gasteiger partial charge < -0.3 is 10.2 Å². The molecule has 120 valence electrons. The minimum Gasteiger partial charge on any atom is -0.351 e. The first kappa shape index (κ1) is 15.5. The van der Waals surface area contributed by atoms with Crippen molar-refractivity contribution >= 4 is 23.2 Å². The monoisotopic (exact) mass is 321 g/mol. The molecule has 1 aromatic rings. The third-order valence-electron chi connectivity index (χ3n) is 4.79. The molecule has 2 fully saturated rings. The van der Waals surface area contributed by atoms with E-state index in [-0.39, 0.29) is 23.7 Å². The molecule has 2 heterocycles. The van der Waals surface area contributed by atoms with Crippen LogP contribution in [0.1, 0.15) is 42.7 Å². The summed E-state index contributed by atoms with van der Waals surface area (Å²) in [5.74, 6) is 0.487. The molecule has 1 aromatic heterocycles. The Labute approximate surface area is 135 Å². The number of amides is 2. The highest BCUT2D eigenvalue weighted by Gasteiger charge is 2.38. The van der Waals surface area contributed by atoms with Crippen molar-refractivity contribution in [1.29, 1.82) is 0 Å². The number of rotatable bonds is 4. The molecule has 1 saturated heterocycles. The van der Waals surface area contributed by atoms with Gasteiger partial charge in [0.25, 0.3) is 0 Å². The predicted octanol–water partition coefficient (Wildman–Crippen LogP) is 2.11. The molecule has 0 atom stereocenters. The highest BCUT2D eigenvalue weighted by molar-refractivity contribution is 7.09. The molecule has 3 rings (SSSR count). The third-order valence-corrected chi connectivity index (χ3v) is 5.72. The summed E-state index contributed by atoms with van der Waals surface area (Å²) in [7, 11) is 0. The van der Waals surface area contributed by atoms with Gasteiger partial charge in [0.1, 0.15) is 0 Å². The summed E-state index contributed by atoms with van der Waals surface area (Å²) in [4.78, 5) is 31.6. The fourth-order valence-corrected chi connectivity index (χ4v) is 3.96. The maximum absolute atomic E-state index is 12.3. The number of nitrogens with one attached hydrogen (secondary N) is 1. The van der Waals surface area contributed by atoms with Crippen molar-refractivity contribution < 1.29 is 9.59 Å². The van der Waals surface area contributed by atoms with Crippen LogP contribution in [0.25, 0.3) is 0 Å². The van der Waals surface area contributed by atoms with Gasteiger partial charge in [-0.05, 0) is 19.8 Å². The van der Waals surface area contributed by atoms with Crippen LogP contribution in [0.2, 0.25) is 0 Å². The van der Waals surface area contributed by atoms with E-state index in [0.29, 0.717) is 19.6 Å². The Bertz CT molecular complexity index is 545. The molecule has 5 nitrogen and oxygen atoms in total. The first-order valence-corrected chi connectivity index (χ1v) is 8.98. The van der Waals surface area contributed by atoms with Gasteiger partial charge in [-0.2, -0.15) is 0 Å². The second-order valence-corrected chi connectivity index (χ2v) is 7.29. The van der Waals surface area contributed by atoms with Crippen LogP contribution in [-0.2, 0) is 16.1 Å². The topological polar surface area (TPSA) is 62.3 Å². The molecular weight excluding hydrogens is 298 g/mol. The zero-order valence-electron chi connectivity index (χ0n) is 13.0. The highest BCUT2D eigenvalue weighted by Crippen LogP contribution is 2.28. The van der Waals surface area contributed by atoms with Crippen LogP contribution in [0.4, 0.5) is 0 Å². The number of carbonyl (C=O) groups excluding carboxylic acids is 2. The molecule has 1 N–H and O–H groups in total. The summed E-state index contributed by atoms with van der Waals surface area (Å²) in [5.41, 5.74) is 2.78. The van der Waals surface area contributed by atoms with E-state index in [1.54, 1.807) is 16.8 Å². The molecule has 6 heteroatoms. The molecule has 1 aliphatic carbocycles. The maximum atomic E-state index is 12.3. The van der Waals surface area contributed by atoms with Crippen LogP contribution in [-0.4, -0.2) is 34.8 Å². The van der Waals surface area contributed by atoms with E-state index in [1.165, 1.54) is 19.3 Å². The lowest BCUT2D eigenvalue weighted by Gasteiger charge is -2.40. The minimum absolute atomic E-state index is 0.0410. The van der Waals surface area contributed by atoms with E-state index in [1.807, 2.05) is 11.8 Å².